The minimum atomic E-state index is -0.553. The number of rotatable bonds is 3. The van der Waals surface area contributed by atoms with Crippen molar-refractivity contribution < 1.29 is 9.72 Å². The number of carbonyl (C=O) groups is 1. The summed E-state index contributed by atoms with van der Waals surface area (Å²) in [6, 6.07) is 2.73. The van der Waals surface area contributed by atoms with E-state index in [9.17, 15) is 14.9 Å². The predicted octanol–water partition coefficient (Wildman–Crippen LogP) is 2.01. The number of hydrogen-bond acceptors (Lipinski definition) is 3. The fourth-order valence-corrected chi connectivity index (χ4v) is 2.74. The van der Waals surface area contributed by atoms with Crippen molar-refractivity contribution in [3.8, 4) is 0 Å². The van der Waals surface area contributed by atoms with Gasteiger partial charge in [0, 0.05) is 24.5 Å². The van der Waals surface area contributed by atoms with Gasteiger partial charge in [0.25, 0.3) is 5.91 Å². The monoisotopic (exact) mass is 271 g/mol. The van der Waals surface area contributed by atoms with Gasteiger partial charge in [-0.1, -0.05) is 6.92 Å². The van der Waals surface area contributed by atoms with Crippen LogP contribution in [0.1, 0.15) is 23.8 Å². The lowest BCUT2D eigenvalue weighted by Gasteiger charge is -2.23. The molecule has 0 radical (unpaired) electrons. The highest BCUT2D eigenvalue weighted by Gasteiger charge is 2.35. The Balaban J connectivity index is 2.18. The molecule has 2 unspecified atom stereocenters. The number of alkyl halides is 1. The van der Waals surface area contributed by atoms with Crippen molar-refractivity contribution in [2.24, 2.45) is 5.92 Å². The molecule has 1 aromatic heterocycles. The second kappa shape index (κ2) is 4.97. The maximum atomic E-state index is 12.2. The number of nitro groups is 1. The Kier molecular flexibility index (Phi) is 3.56. The molecule has 1 amide bonds. The summed E-state index contributed by atoms with van der Waals surface area (Å²) < 4.78 is 0. The molecule has 0 aliphatic carbocycles. The number of H-pyrrole nitrogens is 1. The van der Waals surface area contributed by atoms with Gasteiger partial charge in [-0.3, -0.25) is 4.79 Å². The van der Waals surface area contributed by atoms with E-state index in [0.29, 0.717) is 18.3 Å². The molecule has 1 aliphatic rings. The van der Waals surface area contributed by atoms with Crippen molar-refractivity contribution in [3.05, 3.63) is 27.9 Å². The molecule has 0 saturated carbocycles. The summed E-state index contributed by atoms with van der Waals surface area (Å²) in [6.45, 7) is 2.70. The average molecular weight is 272 g/mol. The normalized spacial score (nSPS) is 23.3. The van der Waals surface area contributed by atoms with Crippen LogP contribution in [-0.2, 0) is 0 Å². The SMILES string of the molecule is CC1CCN(C(=O)c2ccc([N+](=O)[O-])[nH]2)C1CCl. The van der Waals surface area contributed by atoms with Crippen LogP contribution >= 0.6 is 11.6 Å². The first-order valence-corrected chi connectivity index (χ1v) is 6.28. The Hall–Kier alpha value is -1.56. The van der Waals surface area contributed by atoms with E-state index in [1.54, 1.807) is 4.90 Å². The molecule has 1 saturated heterocycles. The van der Waals surface area contributed by atoms with E-state index in [1.807, 2.05) is 0 Å². The van der Waals surface area contributed by atoms with E-state index in [4.69, 9.17) is 11.6 Å². The van der Waals surface area contributed by atoms with Crippen molar-refractivity contribution in [1.29, 1.82) is 0 Å². The lowest BCUT2D eigenvalue weighted by atomic mass is 10.1. The van der Waals surface area contributed by atoms with E-state index < -0.39 is 4.92 Å². The third-order valence-electron chi connectivity index (χ3n) is 3.40. The fourth-order valence-electron chi connectivity index (χ4n) is 2.27. The van der Waals surface area contributed by atoms with Crippen molar-refractivity contribution >= 4 is 23.3 Å². The Bertz CT molecular complexity index is 474. The van der Waals surface area contributed by atoms with E-state index in [1.165, 1.54) is 12.1 Å². The first-order valence-electron chi connectivity index (χ1n) is 5.75. The van der Waals surface area contributed by atoms with Gasteiger partial charge in [0.1, 0.15) is 0 Å². The minimum Gasteiger partial charge on any atom is -0.358 e. The van der Waals surface area contributed by atoms with Gasteiger partial charge in [-0.2, -0.15) is 0 Å². The number of amides is 1. The number of likely N-dealkylation sites (tertiary alicyclic amines) is 1. The topological polar surface area (TPSA) is 79.2 Å². The highest BCUT2D eigenvalue weighted by molar-refractivity contribution is 6.18. The van der Waals surface area contributed by atoms with E-state index >= 15 is 0 Å². The molecule has 0 bridgehead atoms. The van der Waals surface area contributed by atoms with Crippen LogP contribution in [0.4, 0.5) is 5.82 Å². The van der Waals surface area contributed by atoms with Gasteiger partial charge in [-0.05, 0) is 23.3 Å². The number of halogens is 1. The summed E-state index contributed by atoms with van der Waals surface area (Å²) in [5.41, 5.74) is 0.242. The van der Waals surface area contributed by atoms with Gasteiger partial charge in [-0.15, -0.1) is 11.6 Å². The molecule has 6 nitrogen and oxygen atoms in total. The summed E-state index contributed by atoms with van der Waals surface area (Å²) in [4.78, 5) is 26.4. The lowest BCUT2D eigenvalue weighted by molar-refractivity contribution is -0.389. The van der Waals surface area contributed by atoms with Crippen molar-refractivity contribution in [3.63, 3.8) is 0 Å². The number of hydrogen-bond donors (Lipinski definition) is 1. The second-order valence-corrected chi connectivity index (χ2v) is 4.81. The maximum Gasteiger partial charge on any atom is 0.321 e. The maximum absolute atomic E-state index is 12.2. The van der Waals surface area contributed by atoms with Crippen LogP contribution in [0.2, 0.25) is 0 Å². The van der Waals surface area contributed by atoms with Crippen LogP contribution in [0.15, 0.2) is 12.1 Å². The average Bonchev–Trinajstić information content (AvgIpc) is 2.94. The molecular weight excluding hydrogens is 258 g/mol. The molecule has 1 fully saturated rings. The van der Waals surface area contributed by atoms with Gasteiger partial charge in [-0.25, -0.2) is 4.98 Å². The molecule has 0 aromatic carbocycles. The first-order chi connectivity index (χ1) is 8.54. The molecule has 2 rings (SSSR count). The molecule has 0 spiro atoms. The van der Waals surface area contributed by atoms with Gasteiger partial charge in [0.2, 0.25) is 0 Å². The van der Waals surface area contributed by atoms with Crippen LogP contribution in [0.25, 0.3) is 0 Å². The zero-order chi connectivity index (χ0) is 13.3. The van der Waals surface area contributed by atoms with E-state index in [2.05, 4.69) is 11.9 Å². The summed E-state index contributed by atoms with van der Waals surface area (Å²) in [6.07, 6.45) is 0.909. The van der Waals surface area contributed by atoms with Crippen LogP contribution in [0, 0.1) is 16.0 Å². The summed E-state index contributed by atoms with van der Waals surface area (Å²) in [5, 5.41) is 10.6. The highest BCUT2D eigenvalue weighted by atomic mass is 35.5. The Morgan fingerprint density at radius 3 is 2.94 bits per heavy atom. The summed E-state index contributed by atoms with van der Waals surface area (Å²) in [5.74, 6) is 0.345. The Labute approximate surface area is 109 Å². The smallest absolute Gasteiger partial charge is 0.321 e. The van der Waals surface area contributed by atoms with Crippen LogP contribution < -0.4 is 0 Å². The third-order valence-corrected chi connectivity index (χ3v) is 3.72. The zero-order valence-corrected chi connectivity index (χ0v) is 10.7. The van der Waals surface area contributed by atoms with Gasteiger partial charge < -0.3 is 15.0 Å². The van der Waals surface area contributed by atoms with Crippen LogP contribution in [0.3, 0.4) is 0 Å². The number of nitrogens with one attached hydrogen (secondary N) is 1. The Morgan fingerprint density at radius 2 is 2.39 bits per heavy atom. The molecule has 1 N–H and O–H groups in total. The number of aromatic nitrogens is 1. The number of aromatic amines is 1. The van der Waals surface area contributed by atoms with Crippen LogP contribution in [0.5, 0.6) is 0 Å². The molecule has 1 aromatic rings. The van der Waals surface area contributed by atoms with Crippen LogP contribution in [-0.4, -0.2) is 39.2 Å². The molecule has 1 aliphatic heterocycles. The standard InChI is InChI=1S/C11H14ClN3O3/c1-7-4-5-14(9(7)6-12)11(16)8-2-3-10(13-8)15(17)18/h2-3,7,9,13H,4-6H2,1H3. The molecule has 98 valence electrons. The third kappa shape index (κ3) is 2.20. The van der Waals surface area contributed by atoms with Gasteiger partial charge >= 0.3 is 5.82 Å². The van der Waals surface area contributed by atoms with E-state index in [0.717, 1.165) is 6.42 Å². The van der Waals surface area contributed by atoms with Crippen molar-refractivity contribution in [1.82, 2.24) is 9.88 Å². The van der Waals surface area contributed by atoms with E-state index in [-0.39, 0.29) is 23.5 Å². The van der Waals surface area contributed by atoms with Gasteiger partial charge in [0.05, 0.1) is 0 Å². The quantitative estimate of drug-likeness (QED) is 0.519. The zero-order valence-electron chi connectivity index (χ0n) is 9.93. The minimum absolute atomic E-state index is 0.00141. The summed E-state index contributed by atoms with van der Waals surface area (Å²) >= 11 is 5.87. The largest absolute Gasteiger partial charge is 0.358 e. The molecule has 2 atom stereocenters. The Morgan fingerprint density at radius 1 is 1.67 bits per heavy atom. The number of nitrogens with zero attached hydrogens (tertiary/aromatic N) is 2. The highest BCUT2D eigenvalue weighted by Crippen LogP contribution is 2.26. The molecule has 18 heavy (non-hydrogen) atoms. The molecule has 2 heterocycles. The molecular formula is C11H14ClN3O3. The predicted molar refractivity (Wildman–Crippen MR) is 66.8 cm³/mol. The van der Waals surface area contributed by atoms with Gasteiger partial charge in [0.15, 0.2) is 5.69 Å². The van der Waals surface area contributed by atoms with Crippen molar-refractivity contribution in [2.45, 2.75) is 19.4 Å². The fraction of sp³-hybridized carbons (Fsp3) is 0.545. The van der Waals surface area contributed by atoms with Crippen molar-refractivity contribution in [2.75, 3.05) is 12.4 Å². The number of carbonyl (C=O) groups excluding carboxylic acids is 1. The lowest BCUT2D eigenvalue weighted by Crippen LogP contribution is -2.38. The first kappa shape index (κ1) is 12.9. The molecule has 7 heteroatoms. The second-order valence-electron chi connectivity index (χ2n) is 4.50. The summed E-state index contributed by atoms with van der Waals surface area (Å²) in [7, 11) is 0.